The van der Waals surface area contributed by atoms with Crippen LogP contribution in [0.25, 0.3) is 0 Å². The van der Waals surface area contributed by atoms with Crippen molar-refractivity contribution in [1.82, 2.24) is 0 Å². The summed E-state index contributed by atoms with van der Waals surface area (Å²) in [4.78, 5) is 0.511. The van der Waals surface area contributed by atoms with Crippen molar-refractivity contribution < 1.29 is 8.42 Å². The topological polar surface area (TPSA) is 34.1 Å². The van der Waals surface area contributed by atoms with Crippen LogP contribution in [0.15, 0.2) is 23.1 Å². The lowest BCUT2D eigenvalue weighted by Crippen LogP contribution is -2.08. The molecule has 106 valence electrons. The van der Waals surface area contributed by atoms with Crippen molar-refractivity contribution in [2.45, 2.75) is 54.7 Å². The number of rotatable bonds is 3. The third-order valence-corrected chi connectivity index (χ3v) is 5.60. The van der Waals surface area contributed by atoms with Crippen molar-refractivity contribution in [2.75, 3.05) is 6.26 Å². The van der Waals surface area contributed by atoms with Crippen LogP contribution < -0.4 is 0 Å². The Labute approximate surface area is 124 Å². The highest BCUT2D eigenvalue weighted by molar-refractivity contribution is 9.09. The van der Waals surface area contributed by atoms with Crippen LogP contribution in [0.3, 0.4) is 0 Å². The second kappa shape index (κ2) is 5.96. The molecule has 0 aliphatic heterocycles. The van der Waals surface area contributed by atoms with E-state index < -0.39 is 9.84 Å². The van der Waals surface area contributed by atoms with Gasteiger partial charge < -0.3 is 0 Å². The molecule has 1 unspecified atom stereocenters. The Morgan fingerprint density at radius 2 is 1.84 bits per heavy atom. The van der Waals surface area contributed by atoms with E-state index in [2.05, 4.69) is 22.0 Å². The molecule has 0 heterocycles. The zero-order chi connectivity index (χ0) is 14.0. The molecule has 1 atom stereocenters. The predicted octanol–water partition coefficient (Wildman–Crippen LogP) is 4.59. The summed E-state index contributed by atoms with van der Waals surface area (Å²) in [6.07, 6.45) is 7.65. The molecular formula is C15H21BrO2S. The smallest absolute Gasteiger partial charge is 0.175 e. The molecule has 0 bridgehead atoms. The van der Waals surface area contributed by atoms with Crippen LogP contribution in [0, 0.1) is 0 Å². The quantitative estimate of drug-likeness (QED) is 0.751. The van der Waals surface area contributed by atoms with E-state index in [1.165, 1.54) is 43.9 Å². The van der Waals surface area contributed by atoms with Gasteiger partial charge in [0.15, 0.2) is 9.84 Å². The SMILES string of the molecule is CC(Br)c1cc(C2CCCCC2)ccc1S(C)(=O)=O. The summed E-state index contributed by atoms with van der Waals surface area (Å²) >= 11 is 3.52. The van der Waals surface area contributed by atoms with Crippen molar-refractivity contribution in [3.05, 3.63) is 29.3 Å². The van der Waals surface area contributed by atoms with Crippen molar-refractivity contribution >= 4 is 25.8 Å². The molecule has 0 spiro atoms. The van der Waals surface area contributed by atoms with Crippen LogP contribution in [0.4, 0.5) is 0 Å². The molecule has 1 aliphatic rings. The second-order valence-electron chi connectivity index (χ2n) is 5.52. The second-order valence-corrected chi connectivity index (χ2v) is 8.88. The van der Waals surface area contributed by atoms with Crippen molar-refractivity contribution in [2.24, 2.45) is 0 Å². The van der Waals surface area contributed by atoms with Crippen molar-refractivity contribution in [3.63, 3.8) is 0 Å². The highest BCUT2D eigenvalue weighted by Gasteiger charge is 2.21. The molecule has 4 heteroatoms. The van der Waals surface area contributed by atoms with Gasteiger partial charge in [-0.25, -0.2) is 8.42 Å². The first-order valence-electron chi connectivity index (χ1n) is 6.87. The van der Waals surface area contributed by atoms with E-state index in [0.717, 1.165) is 5.56 Å². The molecule has 1 saturated carbocycles. The lowest BCUT2D eigenvalue weighted by Gasteiger charge is -2.23. The van der Waals surface area contributed by atoms with Gasteiger partial charge in [-0.1, -0.05) is 47.3 Å². The van der Waals surface area contributed by atoms with Gasteiger partial charge in [0.2, 0.25) is 0 Å². The van der Waals surface area contributed by atoms with Crippen LogP contribution in [0.2, 0.25) is 0 Å². The van der Waals surface area contributed by atoms with Crippen molar-refractivity contribution in [1.29, 1.82) is 0 Å². The predicted molar refractivity (Wildman–Crippen MR) is 82.7 cm³/mol. The minimum atomic E-state index is -3.16. The third kappa shape index (κ3) is 3.60. The molecule has 0 aromatic heterocycles. The first-order valence-corrected chi connectivity index (χ1v) is 9.68. The van der Waals surface area contributed by atoms with Gasteiger partial charge in [-0.05, 0) is 42.9 Å². The largest absolute Gasteiger partial charge is 0.224 e. The fourth-order valence-corrected chi connectivity index (χ4v) is 4.41. The fraction of sp³-hybridized carbons (Fsp3) is 0.600. The normalized spacial score (nSPS) is 19.3. The maximum absolute atomic E-state index is 11.8. The van der Waals surface area contributed by atoms with E-state index in [9.17, 15) is 8.42 Å². The van der Waals surface area contributed by atoms with Gasteiger partial charge in [0.1, 0.15) is 0 Å². The van der Waals surface area contributed by atoms with Gasteiger partial charge >= 0.3 is 0 Å². The average molecular weight is 345 g/mol. The maximum atomic E-state index is 11.8. The molecule has 1 aromatic carbocycles. The average Bonchev–Trinajstić information content (AvgIpc) is 2.38. The number of alkyl halides is 1. The number of halogens is 1. The van der Waals surface area contributed by atoms with E-state index in [-0.39, 0.29) is 4.83 Å². The summed E-state index contributed by atoms with van der Waals surface area (Å²) in [6, 6.07) is 5.88. The third-order valence-electron chi connectivity index (χ3n) is 3.94. The molecule has 2 rings (SSSR count). The molecular weight excluding hydrogens is 324 g/mol. The van der Waals surface area contributed by atoms with Gasteiger partial charge in [0, 0.05) is 11.1 Å². The number of benzene rings is 1. The maximum Gasteiger partial charge on any atom is 0.175 e. The molecule has 0 saturated heterocycles. The van der Waals surface area contributed by atoms with E-state index >= 15 is 0 Å². The van der Waals surface area contributed by atoms with Gasteiger partial charge in [0.25, 0.3) is 0 Å². The summed E-state index contributed by atoms with van der Waals surface area (Å²) in [5.74, 6) is 0.604. The monoisotopic (exact) mass is 344 g/mol. The summed E-state index contributed by atoms with van der Waals surface area (Å²) in [5, 5.41) is 0. The standard InChI is InChI=1S/C15H21BrO2S/c1-11(16)14-10-13(12-6-4-3-5-7-12)8-9-15(14)19(2,17)18/h8-12H,3-7H2,1-2H3. The first kappa shape index (κ1) is 15.0. The number of sulfone groups is 1. The van der Waals surface area contributed by atoms with E-state index in [1.54, 1.807) is 6.07 Å². The molecule has 19 heavy (non-hydrogen) atoms. The Balaban J connectivity index is 2.41. The highest BCUT2D eigenvalue weighted by atomic mass is 79.9. The van der Waals surface area contributed by atoms with Crippen LogP contribution in [0.5, 0.6) is 0 Å². The minimum absolute atomic E-state index is 0.0563. The number of hydrogen-bond acceptors (Lipinski definition) is 2. The van der Waals surface area contributed by atoms with E-state index in [0.29, 0.717) is 10.8 Å². The lowest BCUT2D eigenvalue weighted by atomic mass is 9.83. The molecule has 0 amide bonds. The molecule has 1 aliphatic carbocycles. The first-order chi connectivity index (χ1) is 8.89. The molecule has 0 N–H and O–H groups in total. The Morgan fingerprint density at radius 1 is 1.21 bits per heavy atom. The van der Waals surface area contributed by atoms with E-state index in [4.69, 9.17) is 0 Å². The molecule has 2 nitrogen and oxygen atoms in total. The lowest BCUT2D eigenvalue weighted by molar-refractivity contribution is 0.443. The summed E-state index contributed by atoms with van der Waals surface area (Å²) in [6.45, 7) is 1.98. The van der Waals surface area contributed by atoms with Crippen LogP contribution in [-0.2, 0) is 9.84 Å². The van der Waals surface area contributed by atoms with Crippen LogP contribution >= 0.6 is 15.9 Å². The van der Waals surface area contributed by atoms with Gasteiger partial charge in [-0.15, -0.1) is 0 Å². The van der Waals surface area contributed by atoms with E-state index in [1.807, 2.05) is 13.0 Å². The van der Waals surface area contributed by atoms with Crippen LogP contribution in [0.1, 0.15) is 60.9 Å². The Morgan fingerprint density at radius 3 is 2.37 bits per heavy atom. The van der Waals surface area contributed by atoms with Gasteiger partial charge in [0.05, 0.1) is 4.90 Å². The number of hydrogen-bond donors (Lipinski definition) is 0. The van der Waals surface area contributed by atoms with Crippen LogP contribution in [-0.4, -0.2) is 14.7 Å². The van der Waals surface area contributed by atoms with Gasteiger partial charge in [-0.3, -0.25) is 0 Å². The van der Waals surface area contributed by atoms with Gasteiger partial charge in [-0.2, -0.15) is 0 Å². The zero-order valence-corrected chi connectivity index (χ0v) is 13.9. The zero-order valence-electron chi connectivity index (χ0n) is 11.5. The summed E-state index contributed by atoms with van der Waals surface area (Å²) in [5.41, 5.74) is 2.19. The fourth-order valence-electron chi connectivity index (χ4n) is 2.91. The molecule has 0 radical (unpaired) electrons. The summed E-state index contributed by atoms with van der Waals surface area (Å²) in [7, 11) is -3.16. The van der Waals surface area contributed by atoms with Crippen molar-refractivity contribution in [3.8, 4) is 0 Å². The molecule has 1 aromatic rings. The summed E-state index contributed by atoms with van der Waals surface area (Å²) < 4.78 is 23.6. The Bertz CT molecular complexity index is 543. The Kier molecular flexibility index (Phi) is 4.72. The highest BCUT2D eigenvalue weighted by Crippen LogP contribution is 2.36. The minimum Gasteiger partial charge on any atom is -0.224 e. The molecule has 1 fully saturated rings. The Hall–Kier alpha value is -0.350.